The maximum absolute atomic E-state index is 11.5. The van der Waals surface area contributed by atoms with Crippen LogP contribution in [0.25, 0.3) is 0 Å². The van der Waals surface area contributed by atoms with Crippen LogP contribution in [0.15, 0.2) is 74.4 Å². The van der Waals surface area contributed by atoms with Gasteiger partial charge in [0.2, 0.25) is 0 Å². The molecule has 1 N–H and O–H groups in total. The van der Waals surface area contributed by atoms with E-state index in [1.807, 2.05) is 19.3 Å². The van der Waals surface area contributed by atoms with Crippen molar-refractivity contribution in [1.29, 1.82) is 0 Å². The van der Waals surface area contributed by atoms with E-state index in [1.54, 1.807) is 19.5 Å². The first-order valence-corrected chi connectivity index (χ1v) is 10.4. The van der Waals surface area contributed by atoms with Crippen molar-refractivity contribution in [3.63, 3.8) is 0 Å². The SMILES string of the molecule is CC(=CCCc1coc(Cc2ccoc2)c1)CCC=C(C)CC1OC(=O)C(C)=C1O. The zero-order valence-corrected chi connectivity index (χ0v) is 17.9. The van der Waals surface area contributed by atoms with Crippen LogP contribution in [0.2, 0.25) is 0 Å². The normalized spacial score (nSPS) is 17.7. The Hall–Kier alpha value is -2.95. The first kappa shape index (κ1) is 21.8. The number of ether oxygens (including phenoxy) is 1. The fourth-order valence-corrected chi connectivity index (χ4v) is 3.51. The molecule has 1 aliphatic heterocycles. The van der Waals surface area contributed by atoms with Crippen molar-refractivity contribution in [3.8, 4) is 0 Å². The maximum Gasteiger partial charge on any atom is 0.338 e. The molecule has 5 heteroatoms. The lowest BCUT2D eigenvalue weighted by molar-refractivity contribution is -0.140. The van der Waals surface area contributed by atoms with Crippen molar-refractivity contribution >= 4 is 5.97 Å². The number of hydrogen-bond donors (Lipinski definition) is 1. The monoisotopic (exact) mass is 410 g/mol. The summed E-state index contributed by atoms with van der Waals surface area (Å²) in [5.74, 6) is 0.600. The molecule has 2 aromatic rings. The van der Waals surface area contributed by atoms with E-state index in [9.17, 15) is 9.90 Å². The predicted molar refractivity (Wildman–Crippen MR) is 115 cm³/mol. The van der Waals surface area contributed by atoms with Crippen molar-refractivity contribution in [2.75, 3.05) is 0 Å². The molecule has 5 nitrogen and oxygen atoms in total. The molecule has 0 saturated heterocycles. The molecule has 3 rings (SSSR count). The van der Waals surface area contributed by atoms with Gasteiger partial charge in [0, 0.05) is 12.8 Å². The summed E-state index contributed by atoms with van der Waals surface area (Å²) in [4.78, 5) is 11.5. The molecule has 0 bridgehead atoms. The number of hydrogen-bond acceptors (Lipinski definition) is 5. The van der Waals surface area contributed by atoms with Crippen LogP contribution in [0.3, 0.4) is 0 Å². The van der Waals surface area contributed by atoms with Crippen LogP contribution in [-0.2, 0) is 22.4 Å². The second-order valence-electron chi connectivity index (χ2n) is 8.02. The molecule has 0 radical (unpaired) electrons. The number of aryl methyl sites for hydroxylation is 1. The van der Waals surface area contributed by atoms with E-state index in [-0.39, 0.29) is 5.76 Å². The van der Waals surface area contributed by atoms with Crippen LogP contribution in [0.4, 0.5) is 0 Å². The molecule has 0 saturated carbocycles. The Kier molecular flexibility index (Phi) is 7.39. The summed E-state index contributed by atoms with van der Waals surface area (Å²) in [5, 5.41) is 9.93. The fraction of sp³-hybridized carbons (Fsp3) is 0.400. The van der Waals surface area contributed by atoms with Crippen LogP contribution < -0.4 is 0 Å². The van der Waals surface area contributed by atoms with E-state index in [1.165, 1.54) is 11.1 Å². The molecular weight excluding hydrogens is 380 g/mol. The van der Waals surface area contributed by atoms with Gasteiger partial charge in [-0.05, 0) is 69.7 Å². The first-order chi connectivity index (χ1) is 14.4. The standard InChI is InChI=1S/C25H30O5/c1-17(6-4-8-18(2)12-23-24(26)19(3)25(27)30-23)7-5-9-20-13-22(29-16-20)14-21-10-11-28-15-21/h7-8,10-11,13,15-16,23,26H,4-6,9,12,14H2,1-3H3. The van der Waals surface area contributed by atoms with E-state index in [2.05, 4.69) is 25.1 Å². The van der Waals surface area contributed by atoms with E-state index in [0.717, 1.165) is 49.0 Å². The van der Waals surface area contributed by atoms with Gasteiger partial charge >= 0.3 is 5.97 Å². The summed E-state index contributed by atoms with van der Waals surface area (Å²) in [6.07, 6.45) is 14.3. The zero-order valence-electron chi connectivity index (χ0n) is 17.9. The van der Waals surface area contributed by atoms with Gasteiger partial charge in [-0.2, -0.15) is 0 Å². The first-order valence-electron chi connectivity index (χ1n) is 10.4. The third-order valence-electron chi connectivity index (χ3n) is 5.38. The summed E-state index contributed by atoms with van der Waals surface area (Å²) < 4.78 is 15.9. The molecule has 2 aromatic heterocycles. The molecule has 1 atom stereocenters. The third kappa shape index (κ3) is 6.02. The van der Waals surface area contributed by atoms with Crippen molar-refractivity contribution in [2.24, 2.45) is 0 Å². The summed E-state index contributed by atoms with van der Waals surface area (Å²) in [5.41, 5.74) is 5.11. The molecule has 160 valence electrons. The van der Waals surface area contributed by atoms with Crippen LogP contribution in [0.5, 0.6) is 0 Å². The van der Waals surface area contributed by atoms with Gasteiger partial charge in [0.05, 0.1) is 24.4 Å². The van der Waals surface area contributed by atoms with E-state index >= 15 is 0 Å². The Bertz CT molecular complexity index is 940. The lowest BCUT2D eigenvalue weighted by Crippen LogP contribution is -2.12. The largest absolute Gasteiger partial charge is 0.508 e. The Morgan fingerprint density at radius 2 is 1.93 bits per heavy atom. The highest BCUT2D eigenvalue weighted by Crippen LogP contribution is 2.25. The van der Waals surface area contributed by atoms with Gasteiger partial charge in [0.25, 0.3) is 0 Å². The molecule has 1 aliphatic rings. The van der Waals surface area contributed by atoms with Crippen molar-refractivity contribution in [2.45, 2.75) is 65.4 Å². The molecule has 30 heavy (non-hydrogen) atoms. The lowest BCUT2D eigenvalue weighted by atomic mass is 10.0. The van der Waals surface area contributed by atoms with E-state index < -0.39 is 12.1 Å². The summed E-state index contributed by atoms with van der Waals surface area (Å²) in [6, 6.07) is 4.06. The molecule has 0 spiro atoms. The van der Waals surface area contributed by atoms with Crippen molar-refractivity contribution in [3.05, 3.63) is 82.4 Å². The number of furan rings is 2. The molecule has 3 heterocycles. The molecule has 1 unspecified atom stereocenters. The van der Waals surface area contributed by atoms with E-state index in [4.69, 9.17) is 13.6 Å². The minimum atomic E-state index is -0.529. The van der Waals surface area contributed by atoms with Gasteiger partial charge in [-0.3, -0.25) is 0 Å². The van der Waals surface area contributed by atoms with Gasteiger partial charge in [0.15, 0.2) is 6.10 Å². The molecule has 0 amide bonds. The van der Waals surface area contributed by atoms with Crippen molar-refractivity contribution < 1.29 is 23.5 Å². The van der Waals surface area contributed by atoms with Crippen LogP contribution in [0, 0.1) is 0 Å². The number of rotatable bonds is 10. The van der Waals surface area contributed by atoms with Gasteiger partial charge in [-0.1, -0.05) is 23.3 Å². The van der Waals surface area contributed by atoms with Gasteiger partial charge in [-0.25, -0.2) is 4.79 Å². The van der Waals surface area contributed by atoms with Crippen LogP contribution in [-0.4, -0.2) is 17.2 Å². The van der Waals surface area contributed by atoms with Gasteiger partial charge < -0.3 is 18.7 Å². The lowest BCUT2D eigenvalue weighted by Gasteiger charge is -2.10. The number of allylic oxidation sites excluding steroid dienone is 3. The minimum absolute atomic E-state index is 0.0657. The predicted octanol–water partition coefficient (Wildman–Crippen LogP) is 6.22. The zero-order chi connectivity index (χ0) is 21.5. The maximum atomic E-state index is 11.5. The molecule has 0 fully saturated rings. The second kappa shape index (κ2) is 10.2. The number of aliphatic hydroxyl groups is 1. The quantitative estimate of drug-likeness (QED) is 0.372. The Balaban J connectivity index is 1.38. The third-order valence-corrected chi connectivity index (χ3v) is 5.38. The van der Waals surface area contributed by atoms with Crippen molar-refractivity contribution in [1.82, 2.24) is 0 Å². The second-order valence-corrected chi connectivity index (χ2v) is 8.02. The van der Waals surface area contributed by atoms with Crippen LogP contribution >= 0.6 is 0 Å². The number of carbonyl (C=O) groups is 1. The summed E-state index contributed by atoms with van der Waals surface area (Å²) in [6.45, 7) is 5.75. The van der Waals surface area contributed by atoms with Crippen LogP contribution in [0.1, 0.15) is 63.3 Å². The van der Waals surface area contributed by atoms with Gasteiger partial charge in [-0.15, -0.1) is 0 Å². The Morgan fingerprint density at radius 3 is 2.63 bits per heavy atom. The fourth-order valence-electron chi connectivity index (χ4n) is 3.51. The number of esters is 1. The summed E-state index contributed by atoms with van der Waals surface area (Å²) in [7, 11) is 0. The number of aliphatic hydroxyl groups excluding tert-OH is 1. The molecule has 0 aromatic carbocycles. The number of cyclic esters (lactones) is 1. The highest BCUT2D eigenvalue weighted by Gasteiger charge is 2.31. The minimum Gasteiger partial charge on any atom is -0.508 e. The average Bonchev–Trinajstić information content (AvgIpc) is 3.43. The highest BCUT2D eigenvalue weighted by molar-refractivity contribution is 5.91. The molecular formula is C25H30O5. The Labute approximate surface area is 177 Å². The van der Waals surface area contributed by atoms with E-state index in [0.29, 0.717) is 12.0 Å². The number of carbonyl (C=O) groups excluding carboxylic acids is 1. The smallest absolute Gasteiger partial charge is 0.338 e. The summed E-state index contributed by atoms with van der Waals surface area (Å²) >= 11 is 0. The Morgan fingerprint density at radius 1 is 1.13 bits per heavy atom. The average molecular weight is 411 g/mol. The molecule has 0 aliphatic carbocycles. The van der Waals surface area contributed by atoms with Gasteiger partial charge in [0.1, 0.15) is 11.5 Å². The topological polar surface area (TPSA) is 72.8 Å². The highest BCUT2D eigenvalue weighted by atomic mass is 16.6.